The molecule has 4 aromatic rings. The normalized spacial score (nSPS) is 18.2. The zero-order valence-corrected chi connectivity index (χ0v) is 39.9. The van der Waals surface area contributed by atoms with Gasteiger partial charge in [-0.05, 0) is 93.8 Å². The summed E-state index contributed by atoms with van der Waals surface area (Å²) in [6.07, 6.45) is 6.53. The van der Waals surface area contributed by atoms with Crippen molar-refractivity contribution in [1.82, 2.24) is 5.06 Å². The lowest BCUT2D eigenvalue weighted by Gasteiger charge is -2.35. The van der Waals surface area contributed by atoms with Gasteiger partial charge in [0.2, 0.25) is 0 Å². The molecule has 0 saturated carbocycles. The minimum atomic E-state index is -0.598. The van der Waals surface area contributed by atoms with Crippen molar-refractivity contribution in [1.29, 1.82) is 0 Å². The molecule has 14 nitrogen and oxygen atoms in total. The van der Waals surface area contributed by atoms with E-state index in [4.69, 9.17) is 24.0 Å². The second kappa shape index (κ2) is 19.7. The predicted molar refractivity (Wildman–Crippen MR) is 261 cm³/mol. The SMILES string of the molecule is COc1cc2c(cc1OCCCCCOc1cc3c(cc1C)C(=O)N1c4ccccc4C[C@H]1C=N3)N(CC(C)(C)SSCCCC(=O)ON1C(=O)CCC1=O)C[C@@H]1Cc3ccccc3N1C2=O. The number of amides is 4. The van der Waals surface area contributed by atoms with Gasteiger partial charge in [-0.25, -0.2) is 4.79 Å². The van der Waals surface area contributed by atoms with Crippen LogP contribution in [0.15, 0.2) is 77.8 Å². The van der Waals surface area contributed by atoms with E-state index in [2.05, 4.69) is 30.9 Å². The Morgan fingerprint density at radius 2 is 1.43 bits per heavy atom. The second-order valence-corrected chi connectivity index (χ2v) is 21.2. The van der Waals surface area contributed by atoms with Gasteiger partial charge in [-0.15, -0.1) is 5.06 Å². The Morgan fingerprint density at radius 1 is 0.761 bits per heavy atom. The minimum Gasteiger partial charge on any atom is -0.493 e. The molecule has 16 heteroatoms. The number of methoxy groups -OCH3 is 1. The number of unbranched alkanes of at least 4 members (excludes halogenated alkanes) is 2. The quantitative estimate of drug-likeness (QED) is 0.0533. The Labute approximate surface area is 398 Å². The molecule has 1 fully saturated rings. The summed E-state index contributed by atoms with van der Waals surface area (Å²) in [5.41, 5.74) is 7.61. The van der Waals surface area contributed by atoms with Crippen molar-refractivity contribution in [3.63, 3.8) is 0 Å². The lowest BCUT2D eigenvalue weighted by atomic mass is 10.1. The first-order chi connectivity index (χ1) is 32.4. The number of para-hydroxylation sites is 2. The molecular weight excluding hydrogens is 891 g/mol. The number of hydrogen-bond acceptors (Lipinski definition) is 13. The highest BCUT2D eigenvalue weighted by molar-refractivity contribution is 8.77. The first-order valence-electron chi connectivity index (χ1n) is 23.0. The molecule has 9 rings (SSSR count). The van der Waals surface area contributed by atoms with E-state index in [9.17, 15) is 24.0 Å². The maximum atomic E-state index is 14.6. The number of carbonyl (C=O) groups excluding carboxylic acids is 5. The van der Waals surface area contributed by atoms with Crippen LogP contribution in [-0.4, -0.2) is 96.9 Å². The number of fused-ring (bicyclic) bond motifs is 8. The maximum Gasteiger partial charge on any atom is 0.333 e. The van der Waals surface area contributed by atoms with E-state index in [1.807, 2.05) is 83.6 Å². The number of aliphatic imine (C=N–C) groups is 1. The van der Waals surface area contributed by atoms with E-state index >= 15 is 0 Å². The van der Waals surface area contributed by atoms with Crippen molar-refractivity contribution < 1.29 is 43.0 Å². The van der Waals surface area contributed by atoms with E-state index in [0.717, 1.165) is 71.6 Å². The first-order valence-corrected chi connectivity index (χ1v) is 25.3. The van der Waals surface area contributed by atoms with E-state index in [0.29, 0.717) is 71.9 Å². The molecule has 0 aliphatic carbocycles. The minimum absolute atomic E-state index is 0.0446. The van der Waals surface area contributed by atoms with Crippen molar-refractivity contribution in [2.24, 2.45) is 4.99 Å². The van der Waals surface area contributed by atoms with Crippen LogP contribution in [0.3, 0.4) is 0 Å². The number of anilines is 3. The lowest BCUT2D eigenvalue weighted by molar-refractivity contribution is -0.197. The molecule has 0 radical (unpaired) electrons. The number of aryl methyl sites for hydroxylation is 1. The Bertz CT molecular complexity index is 2620. The molecule has 0 spiro atoms. The van der Waals surface area contributed by atoms with Gasteiger partial charge in [0.1, 0.15) is 5.75 Å². The molecule has 1 saturated heterocycles. The molecule has 0 unspecified atom stereocenters. The third-order valence-corrected chi connectivity index (χ3v) is 16.0. The Balaban J connectivity index is 0.813. The van der Waals surface area contributed by atoms with Gasteiger partial charge in [0.25, 0.3) is 23.6 Å². The van der Waals surface area contributed by atoms with Crippen molar-refractivity contribution in [2.75, 3.05) is 53.9 Å². The van der Waals surface area contributed by atoms with E-state index < -0.39 is 17.8 Å². The fourth-order valence-electron chi connectivity index (χ4n) is 9.48. The summed E-state index contributed by atoms with van der Waals surface area (Å²) in [6, 6.07) is 23.5. The number of imide groups is 1. The van der Waals surface area contributed by atoms with Crippen LogP contribution in [0.5, 0.6) is 17.2 Å². The van der Waals surface area contributed by atoms with Gasteiger partial charge in [0.05, 0.1) is 54.9 Å². The van der Waals surface area contributed by atoms with Crippen LogP contribution in [0.2, 0.25) is 0 Å². The van der Waals surface area contributed by atoms with Crippen LogP contribution >= 0.6 is 21.6 Å². The average molecular weight is 946 g/mol. The average Bonchev–Trinajstić information content (AvgIpc) is 3.93. The Kier molecular flexibility index (Phi) is 13.6. The molecule has 5 aliphatic heterocycles. The second-order valence-electron chi connectivity index (χ2n) is 18.1. The number of ether oxygens (including phenoxy) is 3. The maximum absolute atomic E-state index is 14.6. The third-order valence-electron chi connectivity index (χ3n) is 12.7. The van der Waals surface area contributed by atoms with Gasteiger partial charge >= 0.3 is 5.97 Å². The fraction of sp³-hybridized carbons (Fsp3) is 0.412. The molecule has 67 heavy (non-hydrogen) atoms. The predicted octanol–water partition coefficient (Wildman–Crippen LogP) is 8.86. The highest BCUT2D eigenvalue weighted by atomic mass is 33.1. The number of carbonyl (C=O) groups is 5. The summed E-state index contributed by atoms with van der Waals surface area (Å²) in [5.74, 6) is 0.751. The van der Waals surface area contributed by atoms with Crippen LogP contribution in [0.1, 0.15) is 96.2 Å². The van der Waals surface area contributed by atoms with Crippen LogP contribution in [0.4, 0.5) is 22.7 Å². The van der Waals surface area contributed by atoms with Gasteiger partial charge in [-0.3, -0.25) is 29.1 Å². The zero-order valence-electron chi connectivity index (χ0n) is 38.3. The topological polar surface area (TPSA) is 148 Å². The van der Waals surface area contributed by atoms with E-state index in [-0.39, 0.29) is 47.9 Å². The van der Waals surface area contributed by atoms with Crippen molar-refractivity contribution in [2.45, 2.75) is 95.4 Å². The number of benzene rings is 4. The molecule has 5 aliphatic rings. The highest BCUT2D eigenvalue weighted by Gasteiger charge is 2.42. The molecule has 0 N–H and O–H groups in total. The largest absolute Gasteiger partial charge is 0.493 e. The van der Waals surface area contributed by atoms with E-state index in [1.54, 1.807) is 28.7 Å². The van der Waals surface area contributed by atoms with Crippen LogP contribution in [0.25, 0.3) is 0 Å². The van der Waals surface area contributed by atoms with Crippen LogP contribution in [-0.2, 0) is 32.1 Å². The van der Waals surface area contributed by atoms with E-state index in [1.165, 1.54) is 0 Å². The van der Waals surface area contributed by atoms with Gasteiger partial charge in [0.15, 0.2) is 11.5 Å². The standard InChI is InChI=1S/C51H55N5O9S2/c1-32-23-37-39(52-29-35-24-33-13-6-8-15-40(33)54(35)49(37)60)27-43(32)63-20-10-5-11-21-64-45-28-42-38(26-44(45)62-4)50(61)55-36(25-34-14-7-9-16-41(34)55)30-53(42)31-51(2,3)67-66-22-12-17-48(59)65-56-46(57)18-19-47(56)58/h6-9,13-16,23,26-29,35-36H,5,10-12,17-22,24-25,30-31H2,1-4H3/t35-,36-/m0/s1. The summed E-state index contributed by atoms with van der Waals surface area (Å²) in [5, 5.41) is 0.590. The van der Waals surface area contributed by atoms with Gasteiger partial charge in [-0.1, -0.05) is 58.0 Å². The Hall–Kier alpha value is -6.00. The molecule has 0 bridgehead atoms. The molecular formula is C51H55N5O9S2. The molecule has 2 atom stereocenters. The smallest absolute Gasteiger partial charge is 0.333 e. The number of hydroxylamine groups is 2. The summed E-state index contributed by atoms with van der Waals surface area (Å²) in [7, 11) is 4.96. The van der Waals surface area contributed by atoms with Gasteiger partial charge in [-0.2, -0.15) is 0 Å². The number of rotatable bonds is 18. The van der Waals surface area contributed by atoms with Gasteiger partial charge < -0.3 is 28.8 Å². The van der Waals surface area contributed by atoms with Crippen LogP contribution < -0.4 is 28.9 Å². The summed E-state index contributed by atoms with van der Waals surface area (Å²) >= 11 is 0. The van der Waals surface area contributed by atoms with Crippen LogP contribution in [0, 0.1) is 6.92 Å². The molecule has 0 aromatic heterocycles. The summed E-state index contributed by atoms with van der Waals surface area (Å²) in [6.45, 7) is 8.49. The first kappa shape index (κ1) is 46.1. The highest BCUT2D eigenvalue weighted by Crippen LogP contribution is 2.45. The summed E-state index contributed by atoms with van der Waals surface area (Å²) in [4.78, 5) is 80.2. The fourth-order valence-corrected chi connectivity index (χ4v) is 12.1. The number of nitrogens with zero attached hydrogens (tertiary/aromatic N) is 5. The molecule has 4 amide bonds. The Morgan fingerprint density at radius 3 is 2.16 bits per heavy atom. The van der Waals surface area contributed by atoms with Crippen molar-refractivity contribution in [3.05, 3.63) is 101 Å². The third kappa shape index (κ3) is 9.73. The number of hydrogen-bond donors (Lipinski definition) is 0. The van der Waals surface area contributed by atoms with Gasteiger partial charge in [0, 0.05) is 79.0 Å². The molecule has 350 valence electrons. The van der Waals surface area contributed by atoms with Crippen molar-refractivity contribution in [3.8, 4) is 17.2 Å². The molecule has 4 aromatic carbocycles. The monoisotopic (exact) mass is 945 g/mol. The van der Waals surface area contributed by atoms with Crippen molar-refractivity contribution >= 4 is 80.1 Å². The zero-order chi connectivity index (χ0) is 46.8. The summed E-state index contributed by atoms with van der Waals surface area (Å²) < 4.78 is 18.3. The lowest BCUT2D eigenvalue weighted by Crippen LogP contribution is -2.45. The molecule has 5 heterocycles.